The van der Waals surface area contributed by atoms with Crippen LogP contribution in [0.15, 0.2) is 18.2 Å². The van der Waals surface area contributed by atoms with Crippen molar-refractivity contribution in [3.63, 3.8) is 0 Å². The number of aryl methyl sites for hydroxylation is 2. The molecule has 2 N–H and O–H groups in total. The highest BCUT2D eigenvalue weighted by Gasteiger charge is 2.12. The molecule has 1 aromatic heterocycles. The molecule has 0 aliphatic heterocycles. The highest BCUT2D eigenvalue weighted by Crippen LogP contribution is 2.23. The number of aromatic nitrogens is 2. The van der Waals surface area contributed by atoms with E-state index in [4.69, 9.17) is 5.73 Å². The van der Waals surface area contributed by atoms with E-state index in [2.05, 4.69) is 41.6 Å². The molecule has 0 spiro atoms. The van der Waals surface area contributed by atoms with Crippen molar-refractivity contribution in [2.45, 2.75) is 26.8 Å². The van der Waals surface area contributed by atoms with Crippen LogP contribution < -0.4 is 5.73 Å². The molecule has 16 heavy (non-hydrogen) atoms. The second kappa shape index (κ2) is 3.91. The zero-order valence-corrected chi connectivity index (χ0v) is 10.4. The van der Waals surface area contributed by atoms with Crippen LogP contribution in [0.5, 0.6) is 0 Å². The molecule has 0 bridgehead atoms. The van der Waals surface area contributed by atoms with Gasteiger partial charge in [-0.15, -0.1) is 0 Å². The molecule has 1 aromatic carbocycles. The molecule has 1 atom stereocenters. The number of rotatable bonds is 2. The Bertz CT molecular complexity index is 511. The van der Waals surface area contributed by atoms with E-state index in [1.165, 1.54) is 5.56 Å². The van der Waals surface area contributed by atoms with Crippen molar-refractivity contribution >= 4 is 11.0 Å². The van der Waals surface area contributed by atoms with Crippen LogP contribution in [0.25, 0.3) is 11.0 Å². The molecule has 2 aromatic rings. The maximum Gasteiger partial charge on any atom is 0.106 e. The molecule has 2 rings (SSSR count). The van der Waals surface area contributed by atoms with Crippen LogP contribution in [-0.4, -0.2) is 9.55 Å². The zero-order chi connectivity index (χ0) is 11.9. The van der Waals surface area contributed by atoms with Gasteiger partial charge in [0.05, 0.1) is 11.0 Å². The predicted molar refractivity (Wildman–Crippen MR) is 67.2 cm³/mol. The van der Waals surface area contributed by atoms with Crippen molar-refractivity contribution in [3.05, 3.63) is 29.6 Å². The summed E-state index contributed by atoms with van der Waals surface area (Å²) < 4.78 is 2.10. The first-order chi connectivity index (χ1) is 7.50. The highest BCUT2D eigenvalue weighted by atomic mass is 15.0. The van der Waals surface area contributed by atoms with Gasteiger partial charge in [0.2, 0.25) is 0 Å². The SMILES string of the molecule is Cc1nc2cc(C(N)C(C)C)ccc2n1C. The molecule has 0 radical (unpaired) electrons. The van der Waals surface area contributed by atoms with E-state index in [9.17, 15) is 0 Å². The van der Waals surface area contributed by atoms with Gasteiger partial charge in [-0.05, 0) is 30.5 Å². The quantitative estimate of drug-likeness (QED) is 0.840. The van der Waals surface area contributed by atoms with Gasteiger partial charge in [-0.3, -0.25) is 0 Å². The Balaban J connectivity index is 2.52. The molecule has 1 unspecified atom stereocenters. The van der Waals surface area contributed by atoms with E-state index in [1.807, 2.05) is 14.0 Å². The Kier molecular flexibility index (Phi) is 2.72. The van der Waals surface area contributed by atoms with E-state index in [-0.39, 0.29) is 6.04 Å². The van der Waals surface area contributed by atoms with E-state index < -0.39 is 0 Å². The summed E-state index contributed by atoms with van der Waals surface area (Å²) in [5.41, 5.74) is 9.51. The topological polar surface area (TPSA) is 43.8 Å². The van der Waals surface area contributed by atoms with Crippen molar-refractivity contribution in [1.82, 2.24) is 9.55 Å². The summed E-state index contributed by atoms with van der Waals surface area (Å²) >= 11 is 0. The van der Waals surface area contributed by atoms with Gasteiger partial charge in [-0.2, -0.15) is 0 Å². The summed E-state index contributed by atoms with van der Waals surface area (Å²) in [7, 11) is 2.03. The summed E-state index contributed by atoms with van der Waals surface area (Å²) in [6.07, 6.45) is 0. The summed E-state index contributed by atoms with van der Waals surface area (Å²) in [4.78, 5) is 4.52. The van der Waals surface area contributed by atoms with Crippen LogP contribution in [0, 0.1) is 12.8 Å². The Morgan fingerprint density at radius 2 is 2.00 bits per heavy atom. The molecule has 3 nitrogen and oxygen atoms in total. The monoisotopic (exact) mass is 217 g/mol. The molecule has 86 valence electrons. The molecule has 0 fully saturated rings. The largest absolute Gasteiger partial charge is 0.331 e. The lowest BCUT2D eigenvalue weighted by Gasteiger charge is -2.15. The molecule has 1 heterocycles. The first kappa shape index (κ1) is 11.1. The first-order valence-corrected chi connectivity index (χ1v) is 5.69. The zero-order valence-electron chi connectivity index (χ0n) is 10.4. The van der Waals surface area contributed by atoms with Crippen molar-refractivity contribution < 1.29 is 0 Å². The normalized spacial score (nSPS) is 13.6. The van der Waals surface area contributed by atoms with E-state index in [0.717, 1.165) is 16.9 Å². The average Bonchev–Trinajstić information content (AvgIpc) is 2.53. The lowest BCUT2D eigenvalue weighted by Crippen LogP contribution is -2.16. The molecule has 3 heteroatoms. The van der Waals surface area contributed by atoms with E-state index >= 15 is 0 Å². The van der Waals surface area contributed by atoms with Crippen LogP contribution in [0.2, 0.25) is 0 Å². The highest BCUT2D eigenvalue weighted by molar-refractivity contribution is 5.76. The van der Waals surface area contributed by atoms with Crippen molar-refractivity contribution in [1.29, 1.82) is 0 Å². The molecular weight excluding hydrogens is 198 g/mol. The fourth-order valence-electron chi connectivity index (χ4n) is 1.93. The van der Waals surface area contributed by atoms with Crippen LogP contribution in [0.4, 0.5) is 0 Å². The first-order valence-electron chi connectivity index (χ1n) is 5.69. The van der Waals surface area contributed by atoms with Gasteiger partial charge in [0.25, 0.3) is 0 Å². The Morgan fingerprint density at radius 3 is 2.62 bits per heavy atom. The van der Waals surface area contributed by atoms with Gasteiger partial charge < -0.3 is 10.3 Å². The number of imidazole rings is 1. The van der Waals surface area contributed by atoms with Gasteiger partial charge in [0.1, 0.15) is 5.82 Å². The number of nitrogens with two attached hydrogens (primary N) is 1. The van der Waals surface area contributed by atoms with E-state index in [0.29, 0.717) is 5.92 Å². The number of hydrogen-bond donors (Lipinski definition) is 1. The Labute approximate surface area is 96.3 Å². The van der Waals surface area contributed by atoms with Gasteiger partial charge in [0.15, 0.2) is 0 Å². The summed E-state index contributed by atoms with van der Waals surface area (Å²) in [6, 6.07) is 6.40. The summed E-state index contributed by atoms with van der Waals surface area (Å²) in [6.45, 7) is 6.29. The average molecular weight is 217 g/mol. The third kappa shape index (κ3) is 1.71. The maximum atomic E-state index is 6.14. The molecule has 0 saturated heterocycles. The van der Waals surface area contributed by atoms with Gasteiger partial charge in [-0.1, -0.05) is 19.9 Å². The molecular formula is C13H19N3. The third-order valence-electron chi connectivity index (χ3n) is 3.23. The van der Waals surface area contributed by atoms with Gasteiger partial charge >= 0.3 is 0 Å². The van der Waals surface area contributed by atoms with Gasteiger partial charge in [-0.25, -0.2) is 4.98 Å². The van der Waals surface area contributed by atoms with Crippen molar-refractivity contribution in [3.8, 4) is 0 Å². The third-order valence-corrected chi connectivity index (χ3v) is 3.23. The van der Waals surface area contributed by atoms with Crippen LogP contribution >= 0.6 is 0 Å². The van der Waals surface area contributed by atoms with Crippen LogP contribution in [0.1, 0.15) is 31.3 Å². The number of fused-ring (bicyclic) bond motifs is 1. The Hall–Kier alpha value is -1.35. The number of nitrogens with zero attached hydrogens (tertiary/aromatic N) is 2. The standard InChI is InChI=1S/C13H19N3/c1-8(2)13(14)10-5-6-12-11(7-10)15-9(3)16(12)4/h5-8,13H,14H2,1-4H3. The number of hydrogen-bond acceptors (Lipinski definition) is 2. The maximum absolute atomic E-state index is 6.14. The molecule has 0 aliphatic rings. The van der Waals surface area contributed by atoms with E-state index in [1.54, 1.807) is 0 Å². The Morgan fingerprint density at radius 1 is 1.31 bits per heavy atom. The lowest BCUT2D eigenvalue weighted by atomic mass is 9.97. The second-order valence-corrected chi connectivity index (χ2v) is 4.74. The van der Waals surface area contributed by atoms with Crippen LogP contribution in [0.3, 0.4) is 0 Å². The molecule has 0 saturated carbocycles. The second-order valence-electron chi connectivity index (χ2n) is 4.74. The van der Waals surface area contributed by atoms with Crippen LogP contribution in [-0.2, 0) is 7.05 Å². The molecule has 0 amide bonds. The minimum absolute atomic E-state index is 0.0895. The van der Waals surface area contributed by atoms with Crippen molar-refractivity contribution in [2.24, 2.45) is 18.7 Å². The predicted octanol–water partition coefficient (Wildman–Crippen LogP) is 2.54. The fraction of sp³-hybridized carbons (Fsp3) is 0.462. The smallest absolute Gasteiger partial charge is 0.106 e. The minimum atomic E-state index is 0.0895. The number of benzene rings is 1. The molecule has 0 aliphatic carbocycles. The summed E-state index contributed by atoms with van der Waals surface area (Å²) in [5, 5.41) is 0. The fourth-order valence-corrected chi connectivity index (χ4v) is 1.93. The lowest BCUT2D eigenvalue weighted by molar-refractivity contribution is 0.514. The van der Waals surface area contributed by atoms with Gasteiger partial charge in [0, 0.05) is 13.1 Å². The minimum Gasteiger partial charge on any atom is -0.331 e. The summed E-state index contributed by atoms with van der Waals surface area (Å²) in [5.74, 6) is 1.48. The van der Waals surface area contributed by atoms with Crippen molar-refractivity contribution in [2.75, 3.05) is 0 Å².